The van der Waals surface area contributed by atoms with Crippen molar-refractivity contribution in [1.82, 2.24) is 4.90 Å². The monoisotopic (exact) mass is 227 g/mol. The third-order valence-corrected chi connectivity index (χ3v) is 3.32. The molecule has 0 spiro atoms. The number of piperidine rings is 1. The van der Waals surface area contributed by atoms with Crippen molar-refractivity contribution in [3.8, 4) is 0 Å². The van der Waals surface area contributed by atoms with Crippen molar-refractivity contribution in [2.45, 2.75) is 46.6 Å². The third-order valence-electron chi connectivity index (χ3n) is 3.32. The molecule has 1 amide bonds. The van der Waals surface area contributed by atoms with Crippen LogP contribution in [0.4, 0.5) is 0 Å². The average Bonchev–Trinajstić information content (AvgIpc) is 2.17. The van der Waals surface area contributed by atoms with E-state index in [9.17, 15) is 4.79 Å². The Kier molecular flexibility index (Phi) is 4.36. The maximum Gasteiger partial charge on any atom is 0.248 e. The lowest BCUT2D eigenvalue weighted by atomic mass is 9.89. The molecule has 0 bridgehead atoms. The van der Waals surface area contributed by atoms with Gasteiger partial charge in [0.15, 0.2) is 0 Å². The number of ether oxygens (including phenoxy) is 1. The summed E-state index contributed by atoms with van der Waals surface area (Å²) in [5, 5.41) is 0. The van der Waals surface area contributed by atoms with Crippen molar-refractivity contribution in [2.75, 3.05) is 19.7 Å². The Balaban J connectivity index is 2.38. The maximum absolute atomic E-state index is 11.9. The molecule has 0 aromatic heterocycles. The summed E-state index contributed by atoms with van der Waals surface area (Å²) in [6, 6.07) is 0. The zero-order valence-corrected chi connectivity index (χ0v) is 11.2. The molecule has 1 saturated heterocycles. The Bertz CT molecular complexity index is 245. The van der Waals surface area contributed by atoms with Gasteiger partial charge in [0.2, 0.25) is 5.91 Å². The van der Waals surface area contributed by atoms with Crippen LogP contribution in [0, 0.1) is 11.8 Å². The SMILES string of the molecule is CC1CCN(C(=O)COC(C)(C)C)CC1C. The molecule has 0 aromatic carbocycles. The summed E-state index contributed by atoms with van der Waals surface area (Å²) >= 11 is 0. The molecule has 0 radical (unpaired) electrons. The summed E-state index contributed by atoms with van der Waals surface area (Å²) < 4.78 is 5.52. The van der Waals surface area contributed by atoms with Crippen LogP contribution in [-0.2, 0) is 9.53 Å². The van der Waals surface area contributed by atoms with Crippen LogP contribution in [-0.4, -0.2) is 36.1 Å². The van der Waals surface area contributed by atoms with E-state index in [0.29, 0.717) is 5.92 Å². The zero-order valence-electron chi connectivity index (χ0n) is 11.2. The van der Waals surface area contributed by atoms with Crippen LogP contribution >= 0.6 is 0 Å². The second-order valence-corrected chi connectivity index (χ2v) is 5.98. The third kappa shape index (κ3) is 4.12. The van der Waals surface area contributed by atoms with Crippen molar-refractivity contribution < 1.29 is 9.53 Å². The summed E-state index contributed by atoms with van der Waals surface area (Å²) in [5.74, 6) is 1.47. The predicted octanol–water partition coefficient (Wildman–Crippen LogP) is 2.31. The first-order valence-corrected chi connectivity index (χ1v) is 6.21. The van der Waals surface area contributed by atoms with Gasteiger partial charge in [0.25, 0.3) is 0 Å². The van der Waals surface area contributed by atoms with Crippen LogP contribution in [0.2, 0.25) is 0 Å². The van der Waals surface area contributed by atoms with Gasteiger partial charge in [0.05, 0.1) is 5.60 Å². The highest BCUT2D eigenvalue weighted by molar-refractivity contribution is 5.77. The standard InChI is InChI=1S/C13H25NO2/c1-10-6-7-14(8-11(10)2)12(15)9-16-13(3,4)5/h10-11H,6-9H2,1-5H3. The van der Waals surface area contributed by atoms with Gasteiger partial charge in [-0.25, -0.2) is 0 Å². The van der Waals surface area contributed by atoms with Gasteiger partial charge in [-0.3, -0.25) is 4.79 Å². The molecular formula is C13H25NO2. The minimum Gasteiger partial charge on any atom is -0.366 e. The minimum atomic E-state index is -0.232. The van der Waals surface area contributed by atoms with E-state index in [4.69, 9.17) is 4.74 Å². The lowest BCUT2D eigenvalue weighted by Gasteiger charge is -2.35. The van der Waals surface area contributed by atoms with Gasteiger partial charge >= 0.3 is 0 Å². The molecule has 0 N–H and O–H groups in total. The van der Waals surface area contributed by atoms with Crippen molar-refractivity contribution in [1.29, 1.82) is 0 Å². The van der Waals surface area contributed by atoms with E-state index >= 15 is 0 Å². The van der Waals surface area contributed by atoms with Crippen LogP contribution in [0.25, 0.3) is 0 Å². The Hall–Kier alpha value is -0.570. The molecule has 1 aliphatic heterocycles. The number of hydrogen-bond acceptors (Lipinski definition) is 2. The molecule has 94 valence electrons. The summed E-state index contributed by atoms with van der Waals surface area (Å²) in [4.78, 5) is 13.8. The fraction of sp³-hybridized carbons (Fsp3) is 0.923. The lowest BCUT2D eigenvalue weighted by molar-refractivity contribution is -0.143. The van der Waals surface area contributed by atoms with Gasteiger partial charge in [-0.05, 0) is 39.0 Å². The molecule has 16 heavy (non-hydrogen) atoms. The van der Waals surface area contributed by atoms with Crippen molar-refractivity contribution in [3.63, 3.8) is 0 Å². The molecule has 3 heteroatoms. The number of amides is 1. The Labute approximate surface area is 99.1 Å². The average molecular weight is 227 g/mol. The topological polar surface area (TPSA) is 29.5 Å². The lowest BCUT2D eigenvalue weighted by Crippen LogP contribution is -2.44. The van der Waals surface area contributed by atoms with Crippen LogP contribution in [0.15, 0.2) is 0 Å². The fourth-order valence-electron chi connectivity index (χ4n) is 1.86. The predicted molar refractivity (Wildman–Crippen MR) is 65.2 cm³/mol. The van der Waals surface area contributed by atoms with Gasteiger partial charge in [-0.1, -0.05) is 13.8 Å². The smallest absolute Gasteiger partial charge is 0.248 e. The Morgan fingerprint density at radius 3 is 2.44 bits per heavy atom. The molecule has 0 aliphatic carbocycles. The number of rotatable bonds is 2. The first kappa shape index (κ1) is 13.5. The van der Waals surface area contributed by atoms with Gasteiger partial charge < -0.3 is 9.64 Å². The van der Waals surface area contributed by atoms with E-state index < -0.39 is 0 Å². The Morgan fingerprint density at radius 2 is 1.94 bits per heavy atom. The van der Waals surface area contributed by atoms with Gasteiger partial charge in [0, 0.05) is 13.1 Å². The van der Waals surface area contributed by atoms with Gasteiger partial charge in [-0.2, -0.15) is 0 Å². The number of hydrogen-bond donors (Lipinski definition) is 0. The second kappa shape index (κ2) is 5.17. The fourth-order valence-corrected chi connectivity index (χ4v) is 1.86. The minimum absolute atomic E-state index is 0.133. The molecule has 0 aromatic rings. The van der Waals surface area contributed by atoms with Crippen LogP contribution < -0.4 is 0 Å². The van der Waals surface area contributed by atoms with Crippen LogP contribution in [0.3, 0.4) is 0 Å². The normalized spacial score (nSPS) is 26.9. The van der Waals surface area contributed by atoms with Crippen LogP contribution in [0.5, 0.6) is 0 Å². The van der Waals surface area contributed by atoms with E-state index in [0.717, 1.165) is 25.4 Å². The molecule has 3 nitrogen and oxygen atoms in total. The van der Waals surface area contributed by atoms with Gasteiger partial charge in [0.1, 0.15) is 6.61 Å². The van der Waals surface area contributed by atoms with Gasteiger partial charge in [-0.15, -0.1) is 0 Å². The molecule has 1 fully saturated rings. The number of carbonyl (C=O) groups is 1. The largest absolute Gasteiger partial charge is 0.366 e. The molecule has 1 heterocycles. The molecule has 2 atom stereocenters. The summed E-state index contributed by atoms with van der Waals surface area (Å²) in [6.07, 6.45) is 1.11. The van der Waals surface area contributed by atoms with Crippen LogP contribution in [0.1, 0.15) is 41.0 Å². The molecular weight excluding hydrogens is 202 g/mol. The summed E-state index contributed by atoms with van der Waals surface area (Å²) in [6.45, 7) is 12.4. The van der Waals surface area contributed by atoms with E-state index in [-0.39, 0.29) is 18.1 Å². The second-order valence-electron chi connectivity index (χ2n) is 5.98. The molecule has 1 aliphatic rings. The number of nitrogens with zero attached hydrogens (tertiary/aromatic N) is 1. The van der Waals surface area contributed by atoms with Crippen molar-refractivity contribution in [3.05, 3.63) is 0 Å². The number of likely N-dealkylation sites (tertiary alicyclic amines) is 1. The highest BCUT2D eigenvalue weighted by atomic mass is 16.5. The maximum atomic E-state index is 11.9. The zero-order chi connectivity index (χ0) is 12.3. The molecule has 1 rings (SSSR count). The van der Waals surface area contributed by atoms with E-state index in [1.807, 2.05) is 25.7 Å². The Morgan fingerprint density at radius 1 is 1.31 bits per heavy atom. The van der Waals surface area contributed by atoms with E-state index in [2.05, 4.69) is 13.8 Å². The van der Waals surface area contributed by atoms with Crippen molar-refractivity contribution in [2.24, 2.45) is 11.8 Å². The highest BCUT2D eigenvalue weighted by Crippen LogP contribution is 2.22. The number of carbonyl (C=O) groups excluding carboxylic acids is 1. The highest BCUT2D eigenvalue weighted by Gasteiger charge is 2.26. The van der Waals surface area contributed by atoms with E-state index in [1.54, 1.807) is 0 Å². The quantitative estimate of drug-likeness (QED) is 0.724. The van der Waals surface area contributed by atoms with Crippen molar-refractivity contribution >= 4 is 5.91 Å². The first-order valence-electron chi connectivity index (χ1n) is 6.21. The molecule has 2 unspecified atom stereocenters. The summed E-state index contributed by atoms with van der Waals surface area (Å²) in [5.41, 5.74) is -0.232. The first-order chi connectivity index (χ1) is 7.29. The molecule has 0 saturated carbocycles. The summed E-state index contributed by atoms with van der Waals surface area (Å²) in [7, 11) is 0. The van der Waals surface area contributed by atoms with E-state index in [1.165, 1.54) is 0 Å².